The summed E-state index contributed by atoms with van der Waals surface area (Å²) in [5.41, 5.74) is 8.23. The molecule has 0 saturated heterocycles. The number of nitrogens with zero attached hydrogens (tertiary/aromatic N) is 3. The minimum atomic E-state index is -4.35. The van der Waals surface area contributed by atoms with E-state index in [2.05, 4.69) is 20.6 Å². The van der Waals surface area contributed by atoms with E-state index in [1.165, 1.54) is 11.3 Å². The second kappa shape index (κ2) is 7.05. The Morgan fingerprint density at radius 2 is 1.87 bits per heavy atom. The zero-order chi connectivity index (χ0) is 21.0. The summed E-state index contributed by atoms with van der Waals surface area (Å²) in [7, 11) is 0. The van der Waals surface area contributed by atoms with Gasteiger partial charge in [0.2, 0.25) is 5.95 Å². The molecule has 10 heteroatoms. The summed E-state index contributed by atoms with van der Waals surface area (Å²) in [6.07, 6.45) is -2.46. The molecular weight excluding hydrogens is 413 g/mol. The second-order valence-electron chi connectivity index (χ2n) is 8.03. The number of nitrogens with two attached hydrogens (primary N) is 1. The van der Waals surface area contributed by atoms with Gasteiger partial charge in [-0.2, -0.15) is 18.2 Å². The Balaban J connectivity index is 1.50. The highest BCUT2D eigenvalue weighted by Gasteiger charge is 2.54. The number of aryl methyl sites for hydroxylation is 1. The molecule has 1 aromatic carbocycles. The fourth-order valence-electron chi connectivity index (χ4n) is 4.37. The molecule has 0 radical (unpaired) electrons. The van der Waals surface area contributed by atoms with Crippen LogP contribution in [0.1, 0.15) is 18.5 Å². The van der Waals surface area contributed by atoms with E-state index >= 15 is 0 Å². The highest BCUT2D eigenvalue weighted by Crippen LogP contribution is 2.51. The fraction of sp³-hybridized carbons (Fsp3) is 0.450. The van der Waals surface area contributed by atoms with Gasteiger partial charge in [0.15, 0.2) is 0 Å². The maximum Gasteiger partial charge on any atom is 0.405 e. The Bertz CT molecular complexity index is 1050. The average molecular weight is 434 g/mol. The van der Waals surface area contributed by atoms with Crippen LogP contribution in [0.5, 0.6) is 0 Å². The van der Waals surface area contributed by atoms with Crippen LogP contribution in [0.4, 0.5) is 24.9 Å². The van der Waals surface area contributed by atoms with Crippen molar-refractivity contribution in [1.29, 1.82) is 0 Å². The van der Waals surface area contributed by atoms with E-state index in [4.69, 9.17) is 10.7 Å². The summed E-state index contributed by atoms with van der Waals surface area (Å²) in [5, 5.41) is 6.50. The fourth-order valence-corrected chi connectivity index (χ4v) is 5.44. The van der Waals surface area contributed by atoms with Gasteiger partial charge in [-0.15, -0.1) is 11.3 Å². The van der Waals surface area contributed by atoms with Crippen molar-refractivity contribution in [2.24, 2.45) is 17.6 Å². The Kier molecular flexibility index (Phi) is 4.59. The van der Waals surface area contributed by atoms with Gasteiger partial charge in [0.1, 0.15) is 17.4 Å². The zero-order valence-electron chi connectivity index (χ0n) is 16.2. The molecule has 0 bridgehead atoms. The number of rotatable bonds is 5. The second-order valence-corrected chi connectivity index (χ2v) is 9.06. The van der Waals surface area contributed by atoms with Crippen molar-refractivity contribution in [1.82, 2.24) is 15.0 Å². The first kappa shape index (κ1) is 19.5. The summed E-state index contributed by atoms with van der Waals surface area (Å²) in [4.78, 5) is 13.4. The van der Waals surface area contributed by atoms with Crippen molar-refractivity contribution >= 4 is 33.3 Å². The van der Waals surface area contributed by atoms with Crippen LogP contribution in [-0.4, -0.2) is 39.8 Å². The summed E-state index contributed by atoms with van der Waals surface area (Å²) >= 11 is 1.52. The molecule has 2 atom stereocenters. The van der Waals surface area contributed by atoms with Crippen molar-refractivity contribution < 1.29 is 13.2 Å². The van der Waals surface area contributed by atoms with E-state index in [1.54, 1.807) is 6.92 Å². The lowest BCUT2D eigenvalue weighted by Gasteiger charge is -2.20. The lowest BCUT2D eigenvalue weighted by molar-refractivity contribution is -0.115. The van der Waals surface area contributed by atoms with E-state index < -0.39 is 12.7 Å². The first-order chi connectivity index (χ1) is 14.3. The van der Waals surface area contributed by atoms with Crippen molar-refractivity contribution in [3.05, 3.63) is 30.0 Å². The lowest BCUT2D eigenvalue weighted by atomic mass is 10.1. The molecule has 2 unspecified atom stereocenters. The first-order valence-electron chi connectivity index (χ1n) is 9.86. The summed E-state index contributed by atoms with van der Waals surface area (Å²) in [5.74, 6) is 1.53. The van der Waals surface area contributed by atoms with Gasteiger partial charge in [-0.25, -0.2) is 9.97 Å². The summed E-state index contributed by atoms with van der Waals surface area (Å²) < 4.78 is 39.0. The van der Waals surface area contributed by atoms with E-state index in [9.17, 15) is 13.2 Å². The van der Waals surface area contributed by atoms with E-state index in [0.717, 1.165) is 33.6 Å². The number of para-hydroxylation sites is 1. The molecule has 2 heterocycles. The molecule has 4 N–H and O–H groups in total. The van der Waals surface area contributed by atoms with E-state index in [0.29, 0.717) is 23.3 Å². The third-order valence-electron chi connectivity index (χ3n) is 5.90. The number of anilines is 2. The zero-order valence-corrected chi connectivity index (χ0v) is 17.0. The molecule has 30 heavy (non-hydrogen) atoms. The standard InChI is InChI=1S/C20H21F3N6S/c1-9-15(18-28-13-4-2-3-5-14(13)30-18)17(27-10-6-11-12(7-10)16(11)24)29-19(26-9)25-8-20(21,22)23/h2-5,10-12,16H,6-8,24H2,1H3,(H2,25,26,27,29). The van der Waals surface area contributed by atoms with Gasteiger partial charge in [-0.3, -0.25) is 0 Å². The monoisotopic (exact) mass is 434 g/mol. The number of hydrogen-bond donors (Lipinski definition) is 3. The predicted octanol–water partition coefficient (Wildman–Crippen LogP) is 4.18. The third-order valence-corrected chi connectivity index (χ3v) is 6.95. The van der Waals surface area contributed by atoms with Crippen LogP contribution in [0.3, 0.4) is 0 Å². The minimum absolute atomic E-state index is 0.0444. The molecule has 2 saturated carbocycles. The van der Waals surface area contributed by atoms with Crippen LogP contribution >= 0.6 is 11.3 Å². The van der Waals surface area contributed by atoms with Gasteiger partial charge < -0.3 is 16.4 Å². The SMILES string of the molecule is Cc1nc(NCC(F)(F)F)nc(NC2CC3C(N)C3C2)c1-c1nc2ccccc2s1. The van der Waals surface area contributed by atoms with Crippen LogP contribution in [0.15, 0.2) is 24.3 Å². The molecule has 0 spiro atoms. The predicted molar refractivity (Wildman–Crippen MR) is 112 cm³/mol. The molecule has 6 nitrogen and oxygen atoms in total. The van der Waals surface area contributed by atoms with Crippen LogP contribution in [-0.2, 0) is 0 Å². The summed E-state index contributed by atoms with van der Waals surface area (Å²) in [6, 6.07) is 8.27. The molecule has 0 aliphatic heterocycles. The van der Waals surface area contributed by atoms with Crippen molar-refractivity contribution in [3.63, 3.8) is 0 Å². The molecule has 2 aliphatic carbocycles. The molecular formula is C20H21F3N6S. The number of thiazole rings is 1. The highest BCUT2D eigenvalue weighted by molar-refractivity contribution is 7.21. The number of fused-ring (bicyclic) bond motifs is 2. The van der Waals surface area contributed by atoms with Crippen molar-refractivity contribution in [2.75, 3.05) is 17.2 Å². The minimum Gasteiger partial charge on any atom is -0.367 e. The van der Waals surface area contributed by atoms with E-state index in [1.807, 2.05) is 24.3 Å². The van der Waals surface area contributed by atoms with Gasteiger partial charge in [-0.1, -0.05) is 12.1 Å². The van der Waals surface area contributed by atoms with Crippen LogP contribution in [0.2, 0.25) is 0 Å². The molecule has 2 fully saturated rings. The number of hydrogen-bond acceptors (Lipinski definition) is 7. The number of alkyl halides is 3. The Morgan fingerprint density at radius 1 is 1.13 bits per heavy atom. The van der Waals surface area contributed by atoms with Crippen LogP contribution in [0.25, 0.3) is 20.8 Å². The van der Waals surface area contributed by atoms with Gasteiger partial charge in [-0.05, 0) is 43.7 Å². The van der Waals surface area contributed by atoms with Gasteiger partial charge in [0.25, 0.3) is 0 Å². The number of halogens is 3. The topological polar surface area (TPSA) is 88.8 Å². The van der Waals surface area contributed by atoms with Gasteiger partial charge in [0.05, 0.1) is 21.5 Å². The molecule has 2 aromatic heterocycles. The normalized spacial score (nSPS) is 25.4. The third kappa shape index (κ3) is 3.69. The van der Waals surface area contributed by atoms with Crippen LogP contribution in [0, 0.1) is 18.8 Å². The largest absolute Gasteiger partial charge is 0.405 e. The number of aromatic nitrogens is 3. The van der Waals surface area contributed by atoms with Crippen LogP contribution < -0.4 is 16.4 Å². The van der Waals surface area contributed by atoms with Gasteiger partial charge in [0, 0.05) is 12.1 Å². The molecule has 158 valence electrons. The lowest BCUT2D eigenvalue weighted by Crippen LogP contribution is -2.25. The smallest absolute Gasteiger partial charge is 0.367 e. The highest BCUT2D eigenvalue weighted by atomic mass is 32.1. The number of nitrogens with one attached hydrogen (secondary N) is 2. The maximum atomic E-state index is 12.7. The molecule has 5 rings (SSSR count). The quantitative estimate of drug-likeness (QED) is 0.558. The molecule has 0 amide bonds. The van der Waals surface area contributed by atoms with Crippen molar-refractivity contribution in [2.45, 2.75) is 38.0 Å². The average Bonchev–Trinajstić information content (AvgIpc) is 3.05. The maximum absolute atomic E-state index is 12.7. The van der Waals surface area contributed by atoms with Gasteiger partial charge >= 0.3 is 6.18 Å². The Labute approximate surface area is 175 Å². The Hall–Kier alpha value is -2.46. The van der Waals surface area contributed by atoms with E-state index in [-0.39, 0.29) is 18.0 Å². The Morgan fingerprint density at radius 3 is 2.57 bits per heavy atom. The molecule has 3 aromatic rings. The van der Waals surface area contributed by atoms with Crippen molar-refractivity contribution in [3.8, 4) is 10.6 Å². The number of benzene rings is 1. The molecule has 2 aliphatic rings. The first-order valence-corrected chi connectivity index (χ1v) is 10.7. The summed E-state index contributed by atoms with van der Waals surface area (Å²) in [6.45, 7) is 0.587.